The highest BCUT2D eigenvalue weighted by atomic mass is 16.5. The van der Waals surface area contributed by atoms with Gasteiger partial charge >= 0.3 is 0 Å². The predicted octanol–water partition coefficient (Wildman–Crippen LogP) is 0.225. The Labute approximate surface area is 164 Å². The van der Waals surface area contributed by atoms with Gasteiger partial charge in [0.25, 0.3) is 5.91 Å². The van der Waals surface area contributed by atoms with Crippen molar-refractivity contribution in [2.24, 2.45) is 0 Å². The zero-order chi connectivity index (χ0) is 19.5. The summed E-state index contributed by atoms with van der Waals surface area (Å²) in [5.41, 5.74) is 0.717. The van der Waals surface area contributed by atoms with Crippen molar-refractivity contribution in [1.82, 2.24) is 15.1 Å². The Morgan fingerprint density at radius 2 is 2.04 bits per heavy atom. The number of benzene rings is 1. The van der Waals surface area contributed by atoms with Crippen LogP contribution in [-0.2, 0) is 14.4 Å². The van der Waals surface area contributed by atoms with Crippen LogP contribution in [0, 0.1) is 0 Å². The van der Waals surface area contributed by atoms with Crippen LogP contribution in [0.2, 0.25) is 0 Å². The van der Waals surface area contributed by atoms with Gasteiger partial charge in [0.2, 0.25) is 11.8 Å². The van der Waals surface area contributed by atoms with Crippen LogP contribution < -0.4 is 15.0 Å². The van der Waals surface area contributed by atoms with Crippen LogP contribution in [0.1, 0.15) is 19.3 Å². The van der Waals surface area contributed by atoms with Crippen LogP contribution in [0.25, 0.3) is 0 Å². The normalized spacial score (nSPS) is 22.7. The average Bonchev–Trinajstić information content (AvgIpc) is 2.73. The molecule has 3 aliphatic heterocycles. The maximum atomic E-state index is 12.8. The molecule has 0 radical (unpaired) electrons. The van der Waals surface area contributed by atoms with E-state index in [4.69, 9.17) is 4.74 Å². The molecule has 0 aliphatic carbocycles. The molecule has 1 N–H and O–H groups in total. The van der Waals surface area contributed by atoms with Gasteiger partial charge in [-0.15, -0.1) is 0 Å². The first kappa shape index (κ1) is 18.7. The zero-order valence-corrected chi connectivity index (χ0v) is 15.9. The molecular weight excluding hydrogens is 360 g/mol. The molecule has 1 unspecified atom stereocenters. The summed E-state index contributed by atoms with van der Waals surface area (Å²) >= 11 is 0. The van der Waals surface area contributed by atoms with E-state index in [0.717, 1.165) is 25.1 Å². The molecule has 0 saturated carbocycles. The molecule has 2 saturated heterocycles. The SMILES string of the molecule is O=C(CCN1C(=O)COc2ccccc21)N1CCCC(N2CCNCC2=O)C1. The highest BCUT2D eigenvalue weighted by Crippen LogP contribution is 2.31. The maximum Gasteiger partial charge on any atom is 0.265 e. The van der Waals surface area contributed by atoms with Gasteiger partial charge in [-0.25, -0.2) is 0 Å². The Bertz CT molecular complexity index is 768. The quantitative estimate of drug-likeness (QED) is 0.801. The van der Waals surface area contributed by atoms with Crippen molar-refractivity contribution < 1.29 is 19.1 Å². The van der Waals surface area contributed by atoms with Crippen LogP contribution >= 0.6 is 0 Å². The van der Waals surface area contributed by atoms with Crippen molar-refractivity contribution in [2.45, 2.75) is 25.3 Å². The number of piperazine rings is 1. The average molecular weight is 386 g/mol. The number of likely N-dealkylation sites (tertiary alicyclic amines) is 1. The number of carbonyl (C=O) groups is 3. The van der Waals surface area contributed by atoms with Crippen molar-refractivity contribution in [1.29, 1.82) is 0 Å². The van der Waals surface area contributed by atoms with Gasteiger partial charge in [0, 0.05) is 45.2 Å². The molecule has 4 rings (SSSR count). The number of piperidine rings is 1. The van der Waals surface area contributed by atoms with Crippen LogP contribution in [0.15, 0.2) is 24.3 Å². The molecule has 0 spiro atoms. The molecule has 1 atom stereocenters. The van der Waals surface area contributed by atoms with E-state index in [0.29, 0.717) is 38.5 Å². The van der Waals surface area contributed by atoms with E-state index >= 15 is 0 Å². The largest absolute Gasteiger partial charge is 0.482 e. The summed E-state index contributed by atoms with van der Waals surface area (Å²) in [6.45, 7) is 3.51. The fraction of sp³-hybridized carbons (Fsp3) is 0.550. The van der Waals surface area contributed by atoms with E-state index in [-0.39, 0.29) is 36.8 Å². The van der Waals surface area contributed by atoms with Gasteiger partial charge in [-0.2, -0.15) is 0 Å². The van der Waals surface area contributed by atoms with Gasteiger partial charge in [0.05, 0.1) is 12.2 Å². The minimum atomic E-state index is -0.130. The van der Waals surface area contributed by atoms with Crippen LogP contribution in [-0.4, -0.2) is 79.4 Å². The number of carbonyl (C=O) groups excluding carboxylic acids is 3. The first-order valence-corrected chi connectivity index (χ1v) is 9.93. The minimum Gasteiger partial charge on any atom is -0.482 e. The summed E-state index contributed by atoms with van der Waals surface area (Å²) in [5, 5.41) is 3.09. The fourth-order valence-corrected chi connectivity index (χ4v) is 4.21. The predicted molar refractivity (Wildman–Crippen MR) is 103 cm³/mol. The number of fused-ring (bicyclic) bond motifs is 1. The number of nitrogens with one attached hydrogen (secondary N) is 1. The molecule has 0 bridgehead atoms. The van der Waals surface area contributed by atoms with E-state index < -0.39 is 0 Å². The molecule has 3 amide bonds. The number of hydrogen-bond donors (Lipinski definition) is 1. The van der Waals surface area contributed by atoms with Gasteiger partial charge in [-0.05, 0) is 25.0 Å². The highest BCUT2D eigenvalue weighted by molar-refractivity contribution is 5.98. The number of rotatable bonds is 4. The fourth-order valence-electron chi connectivity index (χ4n) is 4.21. The highest BCUT2D eigenvalue weighted by Gasteiger charge is 2.32. The van der Waals surface area contributed by atoms with Crippen molar-refractivity contribution in [2.75, 3.05) is 50.8 Å². The van der Waals surface area contributed by atoms with Crippen molar-refractivity contribution >= 4 is 23.4 Å². The van der Waals surface area contributed by atoms with E-state index in [1.54, 1.807) is 4.90 Å². The third-order valence-corrected chi connectivity index (χ3v) is 5.67. The smallest absolute Gasteiger partial charge is 0.265 e. The Morgan fingerprint density at radius 1 is 1.18 bits per heavy atom. The lowest BCUT2D eigenvalue weighted by Crippen LogP contribution is -2.57. The first-order chi connectivity index (χ1) is 13.6. The van der Waals surface area contributed by atoms with E-state index in [9.17, 15) is 14.4 Å². The zero-order valence-electron chi connectivity index (χ0n) is 15.9. The molecule has 3 aliphatic rings. The minimum absolute atomic E-state index is 0.00208. The van der Waals surface area contributed by atoms with E-state index in [1.165, 1.54) is 0 Å². The molecule has 1 aromatic carbocycles. The molecule has 0 aromatic heterocycles. The lowest BCUT2D eigenvalue weighted by Gasteiger charge is -2.41. The van der Waals surface area contributed by atoms with Crippen LogP contribution in [0.4, 0.5) is 5.69 Å². The number of amides is 3. The summed E-state index contributed by atoms with van der Waals surface area (Å²) in [4.78, 5) is 42.6. The second-order valence-electron chi connectivity index (χ2n) is 7.45. The molecule has 150 valence electrons. The Hall–Kier alpha value is -2.61. The number of anilines is 1. The molecular formula is C20H26N4O4. The van der Waals surface area contributed by atoms with Gasteiger partial charge in [-0.3, -0.25) is 14.4 Å². The first-order valence-electron chi connectivity index (χ1n) is 9.93. The van der Waals surface area contributed by atoms with Crippen LogP contribution in [0.5, 0.6) is 5.75 Å². The second kappa shape index (κ2) is 8.18. The summed E-state index contributed by atoms with van der Waals surface area (Å²) < 4.78 is 5.45. The van der Waals surface area contributed by atoms with Gasteiger partial charge in [-0.1, -0.05) is 12.1 Å². The molecule has 8 heteroatoms. The summed E-state index contributed by atoms with van der Waals surface area (Å²) in [5.74, 6) is 0.685. The summed E-state index contributed by atoms with van der Waals surface area (Å²) in [6.07, 6.45) is 2.10. The summed E-state index contributed by atoms with van der Waals surface area (Å²) in [6, 6.07) is 7.48. The van der Waals surface area contributed by atoms with Crippen LogP contribution in [0.3, 0.4) is 0 Å². The Balaban J connectivity index is 1.36. The van der Waals surface area contributed by atoms with Gasteiger partial charge < -0.3 is 24.8 Å². The standard InChI is InChI=1S/C20H26N4O4/c25-18(7-10-24-16-5-1-2-6-17(16)28-14-20(24)27)22-9-3-4-15(13-22)23-11-8-21-12-19(23)26/h1-2,5-6,15,21H,3-4,7-14H2. The number of ether oxygens (including phenoxy) is 1. The van der Waals surface area contributed by atoms with Gasteiger partial charge in [0.1, 0.15) is 5.75 Å². The van der Waals surface area contributed by atoms with Crippen molar-refractivity contribution in [3.05, 3.63) is 24.3 Å². The van der Waals surface area contributed by atoms with Crippen molar-refractivity contribution in [3.8, 4) is 5.75 Å². The second-order valence-corrected chi connectivity index (χ2v) is 7.45. The number of para-hydroxylation sites is 2. The Morgan fingerprint density at radius 3 is 2.89 bits per heavy atom. The third kappa shape index (κ3) is 3.82. The molecule has 1 aromatic rings. The summed E-state index contributed by atoms with van der Waals surface area (Å²) in [7, 11) is 0. The van der Waals surface area contributed by atoms with Gasteiger partial charge in [0.15, 0.2) is 6.61 Å². The molecule has 8 nitrogen and oxygen atoms in total. The van der Waals surface area contributed by atoms with Crippen molar-refractivity contribution in [3.63, 3.8) is 0 Å². The van der Waals surface area contributed by atoms with E-state index in [1.807, 2.05) is 34.1 Å². The lowest BCUT2D eigenvalue weighted by molar-refractivity contribution is -0.140. The molecule has 3 heterocycles. The van der Waals surface area contributed by atoms with E-state index in [2.05, 4.69) is 5.32 Å². The molecule has 28 heavy (non-hydrogen) atoms. The molecule has 2 fully saturated rings. The third-order valence-electron chi connectivity index (χ3n) is 5.67. The monoisotopic (exact) mass is 386 g/mol. The maximum absolute atomic E-state index is 12.8. The number of nitrogens with zero attached hydrogens (tertiary/aromatic N) is 3. The number of hydrogen-bond acceptors (Lipinski definition) is 5. The lowest BCUT2D eigenvalue weighted by atomic mass is 10.0. The topological polar surface area (TPSA) is 82.2 Å². The Kier molecular flexibility index (Phi) is 5.47.